The first-order valence-corrected chi connectivity index (χ1v) is 6.96. The number of carboxylic acid groups (broad SMARTS) is 1. The van der Waals surface area contributed by atoms with E-state index in [-0.39, 0.29) is 37.4 Å². The van der Waals surface area contributed by atoms with Crippen LogP contribution in [-0.4, -0.2) is 48.6 Å². The van der Waals surface area contributed by atoms with Gasteiger partial charge in [-0.25, -0.2) is 0 Å². The molecule has 22 heavy (non-hydrogen) atoms. The van der Waals surface area contributed by atoms with Crippen molar-refractivity contribution >= 4 is 24.3 Å². The van der Waals surface area contributed by atoms with Gasteiger partial charge >= 0.3 is 5.97 Å². The van der Waals surface area contributed by atoms with Gasteiger partial charge in [0, 0.05) is 6.04 Å². The third-order valence-corrected chi connectivity index (χ3v) is 3.63. The van der Waals surface area contributed by atoms with Gasteiger partial charge in [-0.3, -0.25) is 14.5 Å². The molecule has 0 aromatic heterocycles. The van der Waals surface area contributed by atoms with Gasteiger partial charge in [0.15, 0.2) is 0 Å². The van der Waals surface area contributed by atoms with E-state index in [1.54, 1.807) is 7.11 Å². The molecule has 1 aliphatic rings. The lowest BCUT2D eigenvalue weighted by Crippen LogP contribution is -2.39. The Balaban J connectivity index is 0.00000242. The van der Waals surface area contributed by atoms with Gasteiger partial charge in [-0.1, -0.05) is 12.1 Å². The minimum atomic E-state index is -1.03. The van der Waals surface area contributed by atoms with E-state index in [0.29, 0.717) is 0 Å². The molecule has 0 aliphatic carbocycles. The molecule has 0 spiro atoms. The van der Waals surface area contributed by atoms with Crippen molar-refractivity contribution in [3.63, 3.8) is 0 Å². The lowest BCUT2D eigenvalue weighted by atomic mass is 10.0. The SMILES string of the molecule is COc1cccc(C2CCCN2CC(=O)NCC(=O)O)c1.Cl. The number of carbonyl (C=O) groups excluding carboxylic acids is 1. The molecule has 0 bridgehead atoms. The number of rotatable bonds is 6. The molecule has 1 aromatic rings. The van der Waals surface area contributed by atoms with Crippen LogP contribution in [0.2, 0.25) is 0 Å². The molecule has 0 radical (unpaired) electrons. The summed E-state index contributed by atoms with van der Waals surface area (Å²) in [5.41, 5.74) is 1.12. The quantitative estimate of drug-likeness (QED) is 0.826. The predicted molar refractivity (Wildman–Crippen MR) is 84.4 cm³/mol. The molecule has 1 fully saturated rings. The van der Waals surface area contributed by atoms with Crippen LogP contribution in [0.15, 0.2) is 24.3 Å². The van der Waals surface area contributed by atoms with Crippen molar-refractivity contribution in [2.45, 2.75) is 18.9 Å². The molecule has 1 heterocycles. The van der Waals surface area contributed by atoms with Crippen LogP contribution < -0.4 is 10.1 Å². The Bertz CT molecular complexity index is 524. The largest absolute Gasteiger partial charge is 0.497 e. The molecule has 1 atom stereocenters. The van der Waals surface area contributed by atoms with E-state index in [2.05, 4.69) is 10.2 Å². The monoisotopic (exact) mass is 328 g/mol. The van der Waals surface area contributed by atoms with Crippen molar-refractivity contribution in [3.8, 4) is 5.75 Å². The second-order valence-corrected chi connectivity index (χ2v) is 5.08. The highest BCUT2D eigenvalue weighted by Crippen LogP contribution is 2.32. The fraction of sp³-hybridized carbons (Fsp3) is 0.467. The average Bonchev–Trinajstić information content (AvgIpc) is 2.93. The topological polar surface area (TPSA) is 78.9 Å². The summed E-state index contributed by atoms with van der Waals surface area (Å²) in [6.07, 6.45) is 2.01. The first-order chi connectivity index (χ1) is 10.1. The van der Waals surface area contributed by atoms with Crippen LogP contribution in [0.5, 0.6) is 5.75 Å². The lowest BCUT2D eigenvalue weighted by molar-refractivity contribution is -0.138. The number of nitrogens with one attached hydrogen (secondary N) is 1. The Kier molecular flexibility index (Phi) is 7.14. The highest BCUT2D eigenvalue weighted by Gasteiger charge is 2.27. The highest BCUT2D eigenvalue weighted by atomic mass is 35.5. The normalized spacial score (nSPS) is 17.6. The second kappa shape index (κ2) is 8.60. The molecule has 2 rings (SSSR count). The molecule has 1 aromatic carbocycles. The van der Waals surface area contributed by atoms with Crippen molar-refractivity contribution in [3.05, 3.63) is 29.8 Å². The summed E-state index contributed by atoms with van der Waals surface area (Å²) in [6.45, 7) is 0.716. The third kappa shape index (κ3) is 4.89. The Labute approximate surface area is 135 Å². The number of aliphatic carboxylic acids is 1. The van der Waals surface area contributed by atoms with Gasteiger partial charge in [-0.2, -0.15) is 0 Å². The fourth-order valence-corrected chi connectivity index (χ4v) is 2.66. The van der Waals surface area contributed by atoms with E-state index >= 15 is 0 Å². The highest BCUT2D eigenvalue weighted by molar-refractivity contribution is 5.85. The predicted octanol–water partition coefficient (Wildman–Crippen LogP) is 1.45. The van der Waals surface area contributed by atoms with Crippen molar-refractivity contribution in [2.24, 2.45) is 0 Å². The number of amides is 1. The minimum absolute atomic E-state index is 0. The van der Waals surface area contributed by atoms with E-state index in [4.69, 9.17) is 9.84 Å². The van der Waals surface area contributed by atoms with Gasteiger partial charge < -0.3 is 15.2 Å². The first kappa shape index (κ1) is 18.3. The minimum Gasteiger partial charge on any atom is -0.497 e. The molecular formula is C15H21ClN2O4. The Morgan fingerprint density at radius 2 is 2.23 bits per heavy atom. The van der Waals surface area contributed by atoms with Crippen LogP contribution in [0.1, 0.15) is 24.4 Å². The average molecular weight is 329 g/mol. The maximum Gasteiger partial charge on any atom is 0.322 e. The van der Waals surface area contributed by atoms with Crippen LogP contribution >= 0.6 is 12.4 Å². The fourth-order valence-electron chi connectivity index (χ4n) is 2.66. The van der Waals surface area contributed by atoms with Gasteiger partial charge in [-0.15, -0.1) is 12.4 Å². The molecule has 1 amide bonds. The molecule has 7 heteroatoms. The molecule has 0 saturated carbocycles. The number of carbonyl (C=O) groups is 2. The van der Waals surface area contributed by atoms with E-state index in [0.717, 1.165) is 30.7 Å². The zero-order valence-corrected chi connectivity index (χ0v) is 13.3. The van der Waals surface area contributed by atoms with Crippen LogP contribution in [0.25, 0.3) is 0 Å². The summed E-state index contributed by atoms with van der Waals surface area (Å²) in [4.78, 5) is 24.3. The molecular weight excluding hydrogens is 308 g/mol. The molecule has 1 unspecified atom stereocenters. The number of hydrogen-bond donors (Lipinski definition) is 2. The van der Waals surface area contributed by atoms with Crippen LogP contribution in [0.3, 0.4) is 0 Å². The number of benzene rings is 1. The van der Waals surface area contributed by atoms with Crippen molar-refractivity contribution in [2.75, 3.05) is 26.7 Å². The molecule has 1 aliphatic heterocycles. The number of carboxylic acids is 1. The summed E-state index contributed by atoms with van der Waals surface area (Å²) in [5.74, 6) is -0.490. The lowest BCUT2D eigenvalue weighted by Gasteiger charge is -2.24. The number of ether oxygens (including phenoxy) is 1. The Morgan fingerprint density at radius 1 is 1.45 bits per heavy atom. The van der Waals surface area contributed by atoms with Crippen LogP contribution in [-0.2, 0) is 9.59 Å². The van der Waals surface area contributed by atoms with E-state index in [9.17, 15) is 9.59 Å². The zero-order valence-electron chi connectivity index (χ0n) is 12.4. The van der Waals surface area contributed by atoms with Gasteiger partial charge in [0.1, 0.15) is 12.3 Å². The summed E-state index contributed by atoms with van der Waals surface area (Å²) >= 11 is 0. The number of nitrogens with zero attached hydrogens (tertiary/aromatic N) is 1. The maximum atomic E-state index is 11.8. The van der Waals surface area contributed by atoms with Crippen molar-refractivity contribution in [1.29, 1.82) is 0 Å². The number of methoxy groups -OCH3 is 1. The van der Waals surface area contributed by atoms with Crippen molar-refractivity contribution in [1.82, 2.24) is 10.2 Å². The Morgan fingerprint density at radius 3 is 2.91 bits per heavy atom. The standard InChI is InChI=1S/C15H20N2O4.ClH/c1-21-12-5-2-4-11(8-12)13-6-3-7-17(13)10-14(18)16-9-15(19)20;/h2,4-5,8,13H,3,6-7,9-10H2,1H3,(H,16,18)(H,19,20);1H. The van der Waals surface area contributed by atoms with Gasteiger partial charge in [0.05, 0.1) is 13.7 Å². The number of halogens is 1. The zero-order chi connectivity index (χ0) is 15.2. The summed E-state index contributed by atoms with van der Waals surface area (Å²) in [7, 11) is 1.63. The Hall–Kier alpha value is -1.79. The second-order valence-electron chi connectivity index (χ2n) is 5.08. The molecule has 2 N–H and O–H groups in total. The van der Waals surface area contributed by atoms with E-state index in [1.165, 1.54) is 0 Å². The summed E-state index contributed by atoms with van der Waals surface area (Å²) < 4.78 is 5.23. The molecule has 6 nitrogen and oxygen atoms in total. The maximum absolute atomic E-state index is 11.8. The summed E-state index contributed by atoms with van der Waals surface area (Å²) in [5, 5.41) is 11.0. The first-order valence-electron chi connectivity index (χ1n) is 6.96. The van der Waals surface area contributed by atoms with Crippen LogP contribution in [0.4, 0.5) is 0 Å². The summed E-state index contributed by atoms with van der Waals surface area (Å²) in [6, 6.07) is 8.02. The number of likely N-dealkylation sites (tertiary alicyclic amines) is 1. The molecule has 122 valence electrons. The van der Waals surface area contributed by atoms with E-state index < -0.39 is 5.97 Å². The van der Waals surface area contributed by atoms with Gasteiger partial charge in [0.25, 0.3) is 0 Å². The smallest absolute Gasteiger partial charge is 0.322 e. The van der Waals surface area contributed by atoms with Crippen molar-refractivity contribution < 1.29 is 19.4 Å². The van der Waals surface area contributed by atoms with Gasteiger partial charge in [-0.05, 0) is 37.1 Å². The third-order valence-electron chi connectivity index (χ3n) is 3.63. The van der Waals surface area contributed by atoms with Gasteiger partial charge in [0.2, 0.25) is 5.91 Å². The molecule has 1 saturated heterocycles. The van der Waals surface area contributed by atoms with Crippen LogP contribution in [0, 0.1) is 0 Å². The number of hydrogen-bond acceptors (Lipinski definition) is 4. The van der Waals surface area contributed by atoms with E-state index in [1.807, 2.05) is 24.3 Å².